The van der Waals surface area contributed by atoms with E-state index in [0.29, 0.717) is 10.0 Å². The summed E-state index contributed by atoms with van der Waals surface area (Å²) in [6.45, 7) is -0.208. The zero-order valence-corrected chi connectivity index (χ0v) is 8.73. The van der Waals surface area contributed by atoms with Crippen molar-refractivity contribution in [2.75, 3.05) is 6.61 Å². The second-order valence-electron chi connectivity index (χ2n) is 2.69. The number of aromatic nitrogens is 1. The van der Waals surface area contributed by atoms with Crippen LogP contribution in [0.3, 0.4) is 0 Å². The van der Waals surface area contributed by atoms with Crippen molar-refractivity contribution in [2.24, 2.45) is 5.73 Å². The molecular weight excluding hydrogens is 252 g/mol. The molecule has 0 saturated heterocycles. The van der Waals surface area contributed by atoms with Gasteiger partial charge in [0.25, 0.3) is 0 Å². The van der Waals surface area contributed by atoms with Crippen LogP contribution in [0.2, 0.25) is 0 Å². The summed E-state index contributed by atoms with van der Waals surface area (Å²) in [4.78, 5) is 14.3. The number of hydrogen-bond donors (Lipinski definition) is 3. The third kappa shape index (κ3) is 2.28. The molecule has 76 valence electrons. The highest BCUT2D eigenvalue weighted by Crippen LogP contribution is 2.19. The summed E-state index contributed by atoms with van der Waals surface area (Å²) < 4.78 is 0.353. The van der Waals surface area contributed by atoms with Gasteiger partial charge in [-0.05, 0) is 27.6 Å². The van der Waals surface area contributed by atoms with Crippen LogP contribution in [0.15, 0.2) is 16.7 Å². The van der Waals surface area contributed by atoms with Crippen molar-refractivity contribution in [1.29, 1.82) is 0 Å². The number of carboxylic acid groups (broad SMARTS) is 1. The predicted molar refractivity (Wildman–Crippen MR) is 52.9 cm³/mol. The highest BCUT2D eigenvalue weighted by Gasteiger charge is 2.12. The number of hydrogen-bond acceptors (Lipinski definition) is 4. The molecule has 1 heterocycles. The molecule has 0 saturated carbocycles. The predicted octanol–water partition coefficient (Wildman–Crippen LogP) is 0.534. The molecule has 1 rings (SSSR count). The van der Waals surface area contributed by atoms with Gasteiger partial charge in [0.15, 0.2) is 5.69 Å². The Kier molecular flexibility index (Phi) is 3.56. The summed E-state index contributed by atoms with van der Waals surface area (Å²) >= 11 is 3.06. The molecular formula is C8H9BrN2O3. The van der Waals surface area contributed by atoms with Crippen LogP contribution in [0.5, 0.6) is 0 Å². The molecule has 0 bridgehead atoms. The molecule has 0 aliphatic carbocycles. The molecule has 0 radical (unpaired) electrons. The fourth-order valence-electron chi connectivity index (χ4n) is 0.918. The molecule has 0 fully saturated rings. The van der Waals surface area contributed by atoms with E-state index in [9.17, 15) is 4.79 Å². The second kappa shape index (κ2) is 4.50. The number of carboxylic acids is 1. The molecule has 1 aromatic rings. The third-order valence-electron chi connectivity index (χ3n) is 1.69. The molecule has 1 aromatic heterocycles. The smallest absolute Gasteiger partial charge is 0.355 e. The van der Waals surface area contributed by atoms with Gasteiger partial charge < -0.3 is 15.9 Å². The van der Waals surface area contributed by atoms with Gasteiger partial charge in [-0.25, -0.2) is 9.78 Å². The minimum atomic E-state index is -1.11. The fraction of sp³-hybridized carbons (Fsp3) is 0.250. The standard InChI is InChI=1S/C8H9BrN2O3/c9-5-1-4(6(10)3-12)2-11-7(5)8(13)14/h1-2,6,12H,3,10H2,(H,13,14). The summed E-state index contributed by atoms with van der Waals surface area (Å²) in [7, 11) is 0. The number of aliphatic hydroxyl groups is 1. The average molecular weight is 261 g/mol. The highest BCUT2D eigenvalue weighted by atomic mass is 79.9. The summed E-state index contributed by atoms with van der Waals surface area (Å²) in [6, 6.07) is 0.999. The van der Waals surface area contributed by atoms with Crippen molar-refractivity contribution >= 4 is 21.9 Å². The van der Waals surface area contributed by atoms with E-state index in [4.69, 9.17) is 15.9 Å². The van der Waals surface area contributed by atoms with Crippen molar-refractivity contribution in [3.63, 3.8) is 0 Å². The number of rotatable bonds is 3. The fourth-order valence-corrected chi connectivity index (χ4v) is 1.45. The summed E-state index contributed by atoms with van der Waals surface area (Å²) in [5, 5.41) is 17.5. The molecule has 0 aliphatic rings. The van der Waals surface area contributed by atoms with Crippen LogP contribution < -0.4 is 5.73 Å². The molecule has 1 unspecified atom stereocenters. The minimum Gasteiger partial charge on any atom is -0.476 e. The highest BCUT2D eigenvalue weighted by molar-refractivity contribution is 9.10. The van der Waals surface area contributed by atoms with Crippen molar-refractivity contribution in [3.8, 4) is 0 Å². The first kappa shape index (κ1) is 11.1. The van der Waals surface area contributed by atoms with Gasteiger partial charge in [-0.2, -0.15) is 0 Å². The van der Waals surface area contributed by atoms with E-state index in [-0.39, 0.29) is 12.3 Å². The molecule has 0 amide bonds. The van der Waals surface area contributed by atoms with E-state index in [1.54, 1.807) is 0 Å². The average Bonchev–Trinajstić information content (AvgIpc) is 2.15. The Morgan fingerprint density at radius 2 is 2.36 bits per heavy atom. The molecule has 1 atom stereocenters. The molecule has 0 spiro atoms. The van der Waals surface area contributed by atoms with Crippen molar-refractivity contribution in [1.82, 2.24) is 4.98 Å². The first-order valence-electron chi connectivity index (χ1n) is 3.81. The monoisotopic (exact) mass is 260 g/mol. The second-order valence-corrected chi connectivity index (χ2v) is 3.55. The molecule has 5 nitrogen and oxygen atoms in total. The first-order chi connectivity index (χ1) is 6.56. The largest absolute Gasteiger partial charge is 0.476 e. The zero-order chi connectivity index (χ0) is 10.7. The quantitative estimate of drug-likeness (QED) is 0.737. The van der Waals surface area contributed by atoms with Crippen LogP contribution in [0.1, 0.15) is 22.1 Å². The van der Waals surface area contributed by atoms with Crippen molar-refractivity contribution < 1.29 is 15.0 Å². The van der Waals surface area contributed by atoms with Crippen LogP contribution in [0.4, 0.5) is 0 Å². The van der Waals surface area contributed by atoms with Crippen LogP contribution >= 0.6 is 15.9 Å². The maximum atomic E-state index is 10.6. The summed E-state index contributed by atoms with van der Waals surface area (Å²) in [5.41, 5.74) is 6.05. The number of aromatic carboxylic acids is 1. The first-order valence-corrected chi connectivity index (χ1v) is 4.60. The lowest BCUT2D eigenvalue weighted by Gasteiger charge is -2.08. The van der Waals surface area contributed by atoms with E-state index in [1.807, 2.05) is 0 Å². The van der Waals surface area contributed by atoms with Gasteiger partial charge in [0.05, 0.1) is 17.1 Å². The number of nitrogens with zero attached hydrogens (tertiary/aromatic N) is 1. The van der Waals surface area contributed by atoms with E-state index >= 15 is 0 Å². The topological polar surface area (TPSA) is 96.4 Å². The summed E-state index contributed by atoms with van der Waals surface area (Å²) in [6.07, 6.45) is 1.34. The molecule has 6 heteroatoms. The number of nitrogens with two attached hydrogens (primary N) is 1. The summed E-state index contributed by atoms with van der Waals surface area (Å²) in [5.74, 6) is -1.11. The Morgan fingerprint density at radius 1 is 1.71 bits per heavy atom. The van der Waals surface area contributed by atoms with Crippen LogP contribution in [-0.2, 0) is 0 Å². The molecule has 0 aliphatic heterocycles. The van der Waals surface area contributed by atoms with Gasteiger partial charge in [0.1, 0.15) is 0 Å². The SMILES string of the molecule is NC(CO)c1cnc(C(=O)O)c(Br)c1. The van der Waals surface area contributed by atoms with Crippen LogP contribution in [0.25, 0.3) is 0 Å². The maximum absolute atomic E-state index is 10.6. The Labute approximate surface area is 88.7 Å². The lowest BCUT2D eigenvalue weighted by molar-refractivity contribution is 0.0689. The van der Waals surface area contributed by atoms with E-state index in [1.165, 1.54) is 12.3 Å². The normalized spacial score (nSPS) is 12.5. The van der Waals surface area contributed by atoms with Gasteiger partial charge in [0.2, 0.25) is 0 Å². The maximum Gasteiger partial charge on any atom is 0.355 e. The van der Waals surface area contributed by atoms with Crippen molar-refractivity contribution in [2.45, 2.75) is 6.04 Å². The Morgan fingerprint density at radius 3 is 2.79 bits per heavy atom. The minimum absolute atomic E-state index is 0.0705. The van der Waals surface area contributed by atoms with E-state index in [2.05, 4.69) is 20.9 Å². The number of carbonyl (C=O) groups is 1. The number of pyridine rings is 1. The third-order valence-corrected chi connectivity index (χ3v) is 2.29. The van der Waals surface area contributed by atoms with Gasteiger partial charge in [-0.3, -0.25) is 0 Å². The van der Waals surface area contributed by atoms with Gasteiger partial charge >= 0.3 is 5.97 Å². The Bertz CT molecular complexity index is 356. The van der Waals surface area contributed by atoms with Crippen molar-refractivity contribution in [3.05, 3.63) is 28.0 Å². The number of halogens is 1. The van der Waals surface area contributed by atoms with Crippen LogP contribution in [-0.4, -0.2) is 27.8 Å². The Hall–Kier alpha value is -0.980. The van der Waals surface area contributed by atoms with Crippen LogP contribution in [0, 0.1) is 0 Å². The zero-order valence-electron chi connectivity index (χ0n) is 7.14. The molecule has 0 aromatic carbocycles. The Balaban J connectivity index is 3.06. The van der Waals surface area contributed by atoms with Gasteiger partial charge in [0, 0.05) is 6.20 Å². The van der Waals surface area contributed by atoms with E-state index < -0.39 is 12.0 Å². The molecule has 14 heavy (non-hydrogen) atoms. The number of aliphatic hydroxyl groups excluding tert-OH is 1. The van der Waals surface area contributed by atoms with Gasteiger partial charge in [-0.1, -0.05) is 0 Å². The lowest BCUT2D eigenvalue weighted by atomic mass is 10.1. The van der Waals surface area contributed by atoms with Gasteiger partial charge in [-0.15, -0.1) is 0 Å². The van der Waals surface area contributed by atoms with E-state index in [0.717, 1.165) is 0 Å². The lowest BCUT2D eigenvalue weighted by Crippen LogP contribution is -2.15. The molecule has 4 N–H and O–H groups in total.